The molecular weight excluding hydrogens is 371 g/mol. The van der Waals surface area contributed by atoms with E-state index >= 15 is 0 Å². The number of sulfone groups is 1. The molecule has 1 atom stereocenters. The number of nitrogens with zero attached hydrogens (tertiary/aromatic N) is 4. The molecule has 1 aliphatic heterocycles. The van der Waals surface area contributed by atoms with Crippen molar-refractivity contribution in [3.05, 3.63) is 53.4 Å². The van der Waals surface area contributed by atoms with Crippen molar-refractivity contribution < 1.29 is 17.3 Å². The molecule has 2 aromatic heterocycles. The van der Waals surface area contributed by atoms with E-state index < -0.39 is 15.4 Å². The Balaban J connectivity index is 1.78. The van der Waals surface area contributed by atoms with Gasteiger partial charge in [0.25, 0.3) is 0 Å². The molecule has 3 heterocycles. The highest BCUT2D eigenvalue weighted by molar-refractivity contribution is 7.91. The van der Waals surface area contributed by atoms with E-state index in [9.17, 15) is 12.8 Å². The van der Waals surface area contributed by atoms with Crippen LogP contribution in [0.5, 0.6) is 0 Å². The molecule has 0 spiro atoms. The van der Waals surface area contributed by atoms with Crippen LogP contribution in [-0.4, -0.2) is 39.8 Å². The Kier molecular flexibility index (Phi) is 4.14. The van der Waals surface area contributed by atoms with Crippen molar-refractivity contribution in [2.75, 3.05) is 11.5 Å². The first-order valence-electron chi connectivity index (χ1n) is 8.59. The molecule has 3 aromatic rings. The minimum Gasteiger partial charge on any atom is -0.361 e. The Bertz CT molecular complexity index is 1090. The standard InChI is InChI=1S/C18H19FN4O3S/c1-12-9-15(26-22-12)10-16-20-17(13-3-5-14(19)6-4-13)21-23(16)18(2)7-8-27(24,25)11-18/h3-6,9H,7-8,10-11H2,1-2H3. The van der Waals surface area contributed by atoms with Crippen LogP contribution < -0.4 is 0 Å². The van der Waals surface area contributed by atoms with E-state index in [2.05, 4.69) is 15.2 Å². The van der Waals surface area contributed by atoms with Gasteiger partial charge in [0.15, 0.2) is 15.7 Å². The Labute approximate surface area is 156 Å². The van der Waals surface area contributed by atoms with Crippen LogP contribution in [0.1, 0.15) is 30.6 Å². The highest BCUT2D eigenvalue weighted by atomic mass is 32.2. The van der Waals surface area contributed by atoms with Crippen LogP contribution in [0.15, 0.2) is 34.9 Å². The van der Waals surface area contributed by atoms with Gasteiger partial charge in [0.2, 0.25) is 0 Å². The lowest BCUT2D eigenvalue weighted by Crippen LogP contribution is -2.34. The summed E-state index contributed by atoms with van der Waals surface area (Å²) in [4.78, 5) is 4.60. The van der Waals surface area contributed by atoms with E-state index in [1.54, 1.807) is 16.8 Å². The van der Waals surface area contributed by atoms with E-state index in [0.717, 1.165) is 5.69 Å². The van der Waals surface area contributed by atoms with Crippen molar-refractivity contribution in [3.63, 3.8) is 0 Å². The van der Waals surface area contributed by atoms with E-state index in [-0.39, 0.29) is 17.3 Å². The molecule has 27 heavy (non-hydrogen) atoms. The molecule has 1 aromatic carbocycles. The zero-order chi connectivity index (χ0) is 19.2. The lowest BCUT2D eigenvalue weighted by molar-refractivity contribution is 0.313. The van der Waals surface area contributed by atoms with E-state index in [4.69, 9.17) is 4.52 Å². The Morgan fingerprint density at radius 1 is 1.30 bits per heavy atom. The van der Waals surface area contributed by atoms with Gasteiger partial charge in [0.05, 0.1) is 29.2 Å². The van der Waals surface area contributed by atoms with Crippen LogP contribution in [-0.2, 0) is 21.8 Å². The molecule has 0 aliphatic carbocycles. The summed E-state index contributed by atoms with van der Waals surface area (Å²) in [7, 11) is -3.12. The molecule has 1 unspecified atom stereocenters. The summed E-state index contributed by atoms with van der Waals surface area (Å²) < 4.78 is 44.4. The second-order valence-corrected chi connectivity index (χ2v) is 9.40. The van der Waals surface area contributed by atoms with Crippen LogP contribution >= 0.6 is 0 Å². The van der Waals surface area contributed by atoms with Crippen molar-refractivity contribution in [2.24, 2.45) is 0 Å². The smallest absolute Gasteiger partial charge is 0.181 e. The van der Waals surface area contributed by atoms with Crippen molar-refractivity contribution in [2.45, 2.75) is 32.2 Å². The maximum absolute atomic E-state index is 13.2. The summed E-state index contributed by atoms with van der Waals surface area (Å²) >= 11 is 0. The van der Waals surface area contributed by atoms with Gasteiger partial charge in [0.1, 0.15) is 17.4 Å². The number of hydrogen-bond acceptors (Lipinski definition) is 6. The molecule has 1 aliphatic rings. The van der Waals surface area contributed by atoms with Crippen molar-refractivity contribution >= 4 is 9.84 Å². The summed E-state index contributed by atoms with van der Waals surface area (Å²) in [5.74, 6) is 1.42. The zero-order valence-electron chi connectivity index (χ0n) is 15.0. The highest BCUT2D eigenvalue weighted by Crippen LogP contribution is 2.32. The molecule has 9 heteroatoms. The van der Waals surface area contributed by atoms with Crippen LogP contribution in [0.3, 0.4) is 0 Å². The van der Waals surface area contributed by atoms with Gasteiger partial charge >= 0.3 is 0 Å². The average molecular weight is 390 g/mol. The molecule has 0 amide bonds. The summed E-state index contributed by atoms with van der Waals surface area (Å²) in [6, 6.07) is 7.70. The third-order valence-electron chi connectivity index (χ3n) is 4.78. The van der Waals surface area contributed by atoms with Crippen LogP contribution in [0.2, 0.25) is 0 Å². The van der Waals surface area contributed by atoms with Gasteiger partial charge in [-0.25, -0.2) is 22.5 Å². The minimum absolute atomic E-state index is 0.00858. The predicted molar refractivity (Wildman–Crippen MR) is 96.4 cm³/mol. The summed E-state index contributed by atoms with van der Waals surface area (Å²) in [5, 5.41) is 8.47. The number of hydrogen-bond donors (Lipinski definition) is 0. The molecule has 0 bridgehead atoms. The van der Waals surface area contributed by atoms with Gasteiger partial charge in [0, 0.05) is 11.6 Å². The number of aryl methyl sites for hydroxylation is 1. The number of rotatable bonds is 4. The molecule has 1 fully saturated rings. The lowest BCUT2D eigenvalue weighted by atomic mass is 10.0. The first-order chi connectivity index (χ1) is 12.7. The third-order valence-corrected chi connectivity index (χ3v) is 6.67. The topological polar surface area (TPSA) is 90.9 Å². The van der Waals surface area contributed by atoms with Gasteiger partial charge in [-0.1, -0.05) is 5.16 Å². The van der Waals surface area contributed by atoms with Gasteiger partial charge in [-0.3, -0.25) is 0 Å². The first-order valence-corrected chi connectivity index (χ1v) is 10.4. The van der Waals surface area contributed by atoms with Crippen molar-refractivity contribution in [1.82, 2.24) is 19.9 Å². The molecular formula is C18H19FN4O3S. The molecule has 0 radical (unpaired) electrons. The fourth-order valence-corrected chi connectivity index (χ4v) is 5.54. The van der Waals surface area contributed by atoms with Crippen LogP contribution in [0.4, 0.5) is 4.39 Å². The third kappa shape index (κ3) is 3.51. The van der Waals surface area contributed by atoms with Crippen LogP contribution in [0, 0.1) is 12.7 Å². The SMILES string of the molecule is Cc1cc(Cc2nc(-c3ccc(F)cc3)nn2C2(C)CCS(=O)(=O)C2)on1. The summed E-state index contributed by atoms with van der Waals surface area (Å²) in [6.45, 7) is 3.70. The largest absolute Gasteiger partial charge is 0.361 e. The summed E-state index contributed by atoms with van der Waals surface area (Å²) in [6.07, 6.45) is 0.800. The maximum Gasteiger partial charge on any atom is 0.181 e. The van der Waals surface area contributed by atoms with Crippen molar-refractivity contribution in [1.29, 1.82) is 0 Å². The number of halogens is 1. The van der Waals surface area contributed by atoms with E-state index in [1.165, 1.54) is 12.1 Å². The fourth-order valence-electron chi connectivity index (χ4n) is 3.43. The molecule has 4 rings (SSSR count). The van der Waals surface area contributed by atoms with Gasteiger partial charge in [-0.2, -0.15) is 5.10 Å². The first kappa shape index (κ1) is 17.8. The molecule has 0 saturated carbocycles. The monoisotopic (exact) mass is 390 g/mol. The number of benzene rings is 1. The van der Waals surface area contributed by atoms with Gasteiger partial charge in [-0.15, -0.1) is 0 Å². The molecule has 0 N–H and O–H groups in total. The number of aromatic nitrogens is 4. The lowest BCUT2D eigenvalue weighted by Gasteiger charge is -2.24. The fraction of sp³-hybridized carbons (Fsp3) is 0.389. The quantitative estimate of drug-likeness (QED) is 0.680. The Hall–Kier alpha value is -2.55. The minimum atomic E-state index is -3.12. The highest BCUT2D eigenvalue weighted by Gasteiger charge is 2.42. The molecule has 1 saturated heterocycles. The maximum atomic E-state index is 13.2. The predicted octanol–water partition coefficient (Wildman–Crippen LogP) is 2.51. The van der Waals surface area contributed by atoms with Gasteiger partial charge < -0.3 is 4.52 Å². The van der Waals surface area contributed by atoms with Crippen molar-refractivity contribution in [3.8, 4) is 11.4 Å². The molecule has 142 valence electrons. The van der Waals surface area contributed by atoms with E-state index in [0.29, 0.717) is 35.8 Å². The zero-order valence-corrected chi connectivity index (χ0v) is 15.8. The normalized spacial score (nSPS) is 21.6. The second-order valence-electron chi connectivity index (χ2n) is 7.22. The Morgan fingerprint density at radius 3 is 2.63 bits per heavy atom. The van der Waals surface area contributed by atoms with Gasteiger partial charge in [-0.05, 0) is 44.5 Å². The van der Waals surface area contributed by atoms with E-state index in [1.807, 2.05) is 19.9 Å². The average Bonchev–Trinajstić information content (AvgIpc) is 3.27. The molecule has 7 nitrogen and oxygen atoms in total. The summed E-state index contributed by atoms with van der Waals surface area (Å²) in [5.41, 5.74) is 0.730. The Morgan fingerprint density at radius 2 is 2.04 bits per heavy atom. The van der Waals surface area contributed by atoms with Crippen LogP contribution in [0.25, 0.3) is 11.4 Å². The second kappa shape index (κ2) is 6.26.